The van der Waals surface area contributed by atoms with Gasteiger partial charge in [0, 0.05) is 47.8 Å². The molecule has 0 fully saturated rings. The van der Waals surface area contributed by atoms with Crippen molar-refractivity contribution in [3.63, 3.8) is 0 Å². The van der Waals surface area contributed by atoms with Crippen LogP contribution in [0.3, 0.4) is 0 Å². The number of halogens is 8. The van der Waals surface area contributed by atoms with Crippen LogP contribution in [0.5, 0.6) is 46.0 Å². The number of nitrogens with zero attached hydrogens (tertiary/aromatic N) is 4. The van der Waals surface area contributed by atoms with Crippen molar-refractivity contribution < 1.29 is 73.4 Å². The third-order valence-electron chi connectivity index (χ3n) is 11.6. The second-order valence-corrected chi connectivity index (χ2v) is 19.1. The molecule has 0 amide bonds. The Hall–Kier alpha value is -9.96. The predicted molar refractivity (Wildman–Crippen MR) is 314 cm³/mol. The molecule has 0 radical (unpaired) electrons. The number of alkyl halides is 6. The molecule has 20 nitrogen and oxygen atoms in total. The summed E-state index contributed by atoms with van der Waals surface area (Å²) in [6.45, 7) is 0.748. The number of rotatable bonds is 17. The van der Waals surface area contributed by atoms with Gasteiger partial charge in [0.15, 0.2) is 46.0 Å². The summed E-state index contributed by atoms with van der Waals surface area (Å²) in [5.74, 6) is 4.80. The van der Waals surface area contributed by atoms with Crippen molar-refractivity contribution >= 4 is 55.5 Å². The molecular weight excluding hydrogens is 1290 g/mol. The number of methoxy groups -OCH3 is 5. The third-order valence-corrected chi connectivity index (χ3v) is 12.5. The Bertz CT molecular complexity index is 3940. The minimum absolute atomic E-state index is 0.0336. The number of benzene rings is 4. The molecule has 0 atom stereocenters. The van der Waals surface area contributed by atoms with Crippen LogP contribution < -0.4 is 54.6 Å². The minimum Gasteiger partial charge on any atom is -0.503 e. The van der Waals surface area contributed by atoms with Crippen molar-refractivity contribution in [3.05, 3.63) is 210 Å². The van der Waals surface area contributed by atoms with Crippen molar-refractivity contribution in [2.24, 2.45) is 0 Å². The van der Waals surface area contributed by atoms with Gasteiger partial charge in [-0.2, -0.15) is 26.3 Å². The maximum Gasteiger partial charge on any atom is 0.416 e. The van der Waals surface area contributed by atoms with Crippen LogP contribution in [0, 0.1) is 0 Å². The maximum atomic E-state index is 12.8. The first-order chi connectivity index (χ1) is 41.6. The van der Waals surface area contributed by atoms with E-state index in [0.29, 0.717) is 73.9 Å². The molecule has 10 aromatic rings. The predicted octanol–water partition coefficient (Wildman–Crippen LogP) is 14.2. The quantitative estimate of drug-likeness (QED) is 0.0420. The number of pyridine rings is 4. The highest BCUT2D eigenvalue weighted by Crippen LogP contribution is 2.35. The lowest BCUT2D eigenvalue weighted by Gasteiger charge is -2.12. The molecule has 0 aliphatic heterocycles. The topological polar surface area (TPSA) is 252 Å². The van der Waals surface area contributed by atoms with Gasteiger partial charge in [0.05, 0.1) is 76.1 Å². The van der Waals surface area contributed by atoms with E-state index in [2.05, 4.69) is 72.4 Å². The van der Waals surface area contributed by atoms with E-state index in [0.717, 1.165) is 59.2 Å². The fourth-order valence-corrected chi connectivity index (χ4v) is 7.76. The fourth-order valence-electron chi connectivity index (χ4n) is 7.12. The Labute approximate surface area is 507 Å². The van der Waals surface area contributed by atoms with Crippen LogP contribution in [-0.4, -0.2) is 70.6 Å². The lowest BCUT2D eigenvalue weighted by atomic mass is 10.1. The van der Waals surface area contributed by atoms with E-state index in [1.807, 2.05) is 48.5 Å². The number of oxazole rings is 2. The molecule has 0 bridgehead atoms. The summed E-state index contributed by atoms with van der Waals surface area (Å²) in [6, 6.07) is 30.3. The van der Waals surface area contributed by atoms with Gasteiger partial charge < -0.3 is 57.1 Å². The Morgan fingerprint density at radius 3 is 1.43 bits per heavy atom. The molecule has 28 heteroatoms. The van der Waals surface area contributed by atoms with Gasteiger partial charge in [-0.25, -0.2) is 19.9 Å². The number of anilines is 4. The number of H-pyrrole nitrogens is 2. The molecule has 0 unspecified atom stereocenters. The van der Waals surface area contributed by atoms with Crippen molar-refractivity contribution in [1.82, 2.24) is 29.9 Å². The average molecular weight is 1340 g/mol. The highest BCUT2D eigenvalue weighted by molar-refractivity contribution is 9.10. The molecule has 0 saturated heterocycles. The van der Waals surface area contributed by atoms with E-state index in [1.165, 1.54) is 69.3 Å². The van der Waals surface area contributed by atoms with Crippen LogP contribution >= 0.6 is 31.9 Å². The minimum atomic E-state index is -4.41. The van der Waals surface area contributed by atoms with Crippen LogP contribution in [0.15, 0.2) is 186 Å². The molecule has 0 aliphatic rings. The molecule has 0 spiro atoms. The fraction of sp³-hybridized carbons (Fsp3) is 0.153. The SMILES string of the molecule is COc1c[nH]c(Br)cc1=O.COc1ccc(COc2cc(Br)ncc2OC)cc1.COc1ccc(COc2cc(Nc3ncc(-c4ccc(C(F)(F)F)cc4)o3)ncc2OC)cc1.O=c1cc(Nc2ncc(-c3ccc(C(F)(F)F)cc3)o2)[nH]cc1O. The third kappa shape index (κ3) is 19.0. The average Bonchev–Trinajstić information content (AvgIpc) is 3.95. The van der Waals surface area contributed by atoms with Crippen molar-refractivity contribution in [3.8, 4) is 68.6 Å². The summed E-state index contributed by atoms with van der Waals surface area (Å²) in [5, 5.41) is 14.7. The van der Waals surface area contributed by atoms with E-state index in [-0.39, 0.29) is 29.0 Å². The maximum absolute atomic E-state index is 12.8. The van der Waals surface area contributed by atoms with Crippen LogP contribution in [0.4, 0.5) is 50.0 Å². The van der Waals surface area contributed by atoms with E-state index in [9.17, 15) is 35.9 Å². The molecule has 5 N–H and O–H groups in total. The molecule has 0 aliphatic carbocycles. The smallest absolute Gasteiger partial charge is 0.416 e. The molecule has 6 heterocycles. The standard InChI is InChI=1S/C24H20F3N3O4.C15H10F3N3O3.C14H14BrNO3.C6H6BrNO2/c1-31-18-9-3-15(4-10-18)14-33-19-11-22(28-13-21(19)32-2)30-23-29-12-20(34-23)16-5-7-17(8-6-16)24(25,26)27;16-15(17,18)9-3-1-8(2-4-9)12-7-20-14(24-12)21-13-5-10(22)11(23)6-19-13;1-17-11-5-3-10(4-6-11)9-19-12-7-14(15)16-8-13(12)18-2;1-10-5-3-8-6(7)2-4(5)9/h3-13H,14H2,1-2H3,(H,28,29,30);1-7,23H,(H2,19,20,21,22);3-8H,9H2,1-2H3;2-3H,1H3,(H,8,9). The van der Waals surface area contributed by atoms with Crippen molar-refractivity contribution in [2.75, 3.05) is 46.2 Å². The Balaban J connectivity index is 0.000000178. The first-order valence-corrected chi connectivity index (χ1v) is 26.6. The second kappa shape index (κ2) is 30.2. The van der Waals surface area contributed by atoms with Gasteiger partial charge in [0.2, 0.25) is 10.9 Å². The van der Waals surface area contributed by atoms with Crippen LogP contribution in [0.1, 0.15) is 22.3 Å². The normalized spacial score (nSPS) is 10.8. The zero-order chi connectivity index (χ0) is 62.7. The number of aromatic amines is 2. The van der Waals surface area contributed by atoms with Crippen molar-refractivity contribution in [1.29, 1.82) is 0 Å². The van der Waals surface area contributed by atoms with Crippen molar-refractivity contribution in [2.45, 2.75) is 25.6 Å². The molecule has 4 aromatic carbocycles. The van der Waals surface area contributed by atoms with Gasteiger partial charge in [-0.3, -0.25) is 20.2 Å². The lowest BCUT2D eigenvalue weighted by Crippen LogP contribution is -2.03. The van der Waals surface area contributed by atoms with Crippen LogP contribution in [0.2, 0.25) is 0 Å². The summed E-state index contributed by atoms with van der Waals surface area (Å²) < 4.78 is 125. The Morgan fingerprint density at radius 2 is 0.977 bits per heavy atom. The van der Waals surface area contributed by atoms with E-state index >= 15 is 0 Å². The largest absolute Gasteiger partial charge is 0.503 e. The molecule has 6 aromatic heterocycles. The molecule has 0 saturated carbocycles. The van der Waals surface area contributed by atoms with Gasteiger partial charge in [0.25, 0.3) is 0 Å². The van der Waals surface area contributed by atoms with Gasteiger partial charge in [-0.15, -0.1) is 0 Å². The first-order valence-electron chi connectivity index (χ1n) is 25.0. The Morgan fingerprint density at radius 1 is 0.506 bits per heavy atom. The van der Waals surface area contributed by atoms with Gasteiger partial charge >= 0.3 is 24.4 Å². The summed E-state index contributed by atoms with van der Waals surface area (Å²) >= 11 is 6.42. The number of hydrogen-bond acceptors (Lipinski definition) is 18. The number of nitrogens with one attached hydrogen (secondary N) is 4. The van der Waals surface area contributed by atoms with Crippen LogP contribution in [0.25, 0.3) is 22.6 Å². The molecule has 10 rings (SSSR count). The van der Waals surface area contributed by atoms with Gasteiger partial charge in [-0.05, 0) is 91.5 Å². The van der Waals surface area contributed by atoms with Gasteiger partial charge in [0.1, 0.15) is 41.0 Å². The number of ether oxygens (including phenoxy) is 7. The zero-order valence-corrected chi connectivity index (χ0v) is 49.3. The summed E-state index contributed by atoms with van der Waals surface area (Å²) in [4.78, 5) is 44.0. The number of hydrogen-bond donors (Lipinski definition) is 5. The number of aromatic hydroxyl groups is 1. The zero-order valence-electron chi connectivity index (χ0n) is 46.2. The number of aromatic nitrogens is 6. The lowest BCUT2D eigenvalue weighted by molar-refractivity contribution is -0.138. The first kappa shape index (κ1) is 64.6. The van der Waals surface area contributed by atoms with E-state index in [1.54, 1.807) is 39.7 Å². The second-order valence-electron chi connectivity index (χ2n) is 17.4. The molecule has 87 heavy (non-hydrogen) atoms. The summed E-state index contributed by atoms with van der Waals surface area (Å²) in [6.07, 6.45) is -0.341. The Kier molecular flexibility index (Phi) is 22.4. The molecule has 454 valence electrons. The highest BCUT2D eigenvalue weighted by atomic mass is 79.9. The molecular formula is C59H50Br2F6N8O12. The van der Waals surface area contributed by atoms with Crippen LogP contribution in [-0.2, 0) is 25.6 Å². The highest BCUT2D eigenvalue weighted by Gasteiger charge is 2.31. The van der Waals surface area contributed by atoms with E-state index in [4.69, 9.17) is 47.1 Å². The monoisotopic (exact) mass is 1330 g/mol. The van der Waals surface area contributed by atoms with E-state index < -0.39 is 34.7 Å². The summed E-state index contributed by atoms with van der Waals surface area (Å²) in [5.41, 5.74) is 0.643. The summed E-state index contributed by atoms with van der Waals surface area (Å²) in [7, 11) is 7.80. The van der Waals surface area contributed by atoms with Gasteiger partial charge in [-0.1, -0.05) is 48.5 Å².